The van der Waals surface area contributed by atoms with Gasteiger partial charge < -0.3 is 14.9 Å². The first kappa shape index (κ1) is 31.7. The van der Waals surface area contributed by atoms with Crippen LogP contribution in [0, 0.1) is 34.9 Å². The lowest BCUT2D eigenvalue weighted by atomic mass is 9.51. The van der Waals surface area contributed by atoms with Gasteiger partial charge in [-0.15, -0.1) is 0 Å². The fraction of sp³-hybridized carbons (Fsp3) is 0.441. The van der Waals surface area contributed by atoms with E-state index in [-0.39, 0.29) is 54.1 Å². The van der Waals surface area contributed by atoms with Crippen LogP contribution in [0.25, 0.3) is 0 Å². The van der Waals surface area contributed by atoms with Crippen LogP contribution in [-0.4, -0.2) is 58.4 Å². The molecule has 2 aromatic carbocycles. The highest BCUT2D eigenvalue weighted by Crippen LogP contribution is 2.64. The third-order valence-electron chi connectivity index (χ3n) is 10.3. The maximum absolute atomic E-state index is 14.4. The minimum atomic E-state index is -1.39. The van der Waals surface area contributed by atoms with Crippen LogP contribution < -0.4 is 9.64 Å². The summed E-state index contributed by atoms with van der Waals surface area (Å²) < 4.78 is 19.3. The molecule has 4 amide bonds. The number of aliphatic carboxylic acids is 1. The van der Waals surface area contributed by atoms with Gasteiger partial charge >= 0.3 is 5.97 Å². The van der Waals surface area contributed by atoms with E-state index < -0.39 is 58.6 Å². The standard InChI is InChI=1S/C34H34ClFN2O8/c1-34-23(31(43)38(33(34)45)17-7-12-25(36)24(35)14-17)16-22-19(29(34)20-9-8-18(46-2)15-26(20)39)10-11-21-28(22)32(44)37(30(21)42)13-5-3-4-6-27(40)41/h7-10,12,14-15,21-23,28-29,39H,3-6,11,13,16H2,1-2H3,(H,40,41)/t21-,22+,23-,28-,29+,34+/m0/s1. The van der Waals surface area contributed by atoms with E-state index in [4.69, 9.17) is 21.4 Å². The molecule has 0 radical (unpaired) electrons. The molecule has 0 bridgehead atoms. The molecule has 3 fully saturated rings. The average Bonchev–Trinajstić information content (AvgIpc) is 3.38. The number of ether oxygens (including phenoxy) is 1. The molecule has 2 aliphatic carbocycles. The lowest BCUT2D eigenvalue weighted by Gasteiger charge is -2.49. The molecule has 2 saturated heterocycles. The number of carbonyl (C=O) groups is 5. The smallest absolute Gasteiger partial charge is 0.303 e. The van der Waals surface area contributed by atoms with Gasteiger partial charge in [0.1, 0.15) is 17.3 Å². The Labute approximate surface area is 269 Å². The Kier molecular flexibility index (Phi) is 8.16. The molecule has 1 saturated carbocycles. The van der Waals surface area contributed by atoms with E-state index in [0.29, 0.717) is 36.1 Å². The second kappa shape index (κ2) is 11.8. The summed E-state index contributed by atoms with van der Waals surface area (Å²) in [5, 5.41) is 19.9. The minimum absolute atomic E-state index is 0.0101. The molecule has 242 valence electrons. The molecule has 0 unspecified atom stereocenters. The van der Waals surface area contributed by atoms with Gasteiger partial charge in [0.15, 0.2) is 0 Å². The molecule has 2 N–H and O–H groups in total. The molecule has 12 heteroatoms. The number of phenolic OH excluding ortho intramolecular Hbond substituents is 1. The fourth-order valence-corrected chi connectivity index (χ4v) is 8.31. The first-order chi connectivity index (χ1) is 21.9. The maximum atomic E-state index is 14.4. The van der Waals surface area contributed by atoms with E-state index in [0.717, 1.165) is 11.0 Å². The van der Waals surface area contributed by atoms with E-state index >= 15 is 0 Å². The molecule has 6 rings (SSSR count). The number of carbonyl (C=O) groups excluding carboxylic acids is 4. The maximum Gasteiger partial charge on any atom is 0.303 e. The number of likely N-dealkylation sites (tertiary alicyclic amines) is 1. The van der Waals surface area contributed by atoms with Crippen molar-refractivity contribution in [2.45, 2.75) is 51.4 Å². The van der Waals surface area contributed by atoms with E-state index in [9.17, 15) is 33.5 Å². The quantitative estimate of drug-likeness (QED) is 0.217. The van der Waals surface area contributed by atoms with Gasteiger partial charge in [0.05, 0.1) is 41.0 Å². The van der Waals surface area contributed by atoms with Crippen LogP contribution in [-0.2, 0) is 24.0 Å². The van der Waals surface area contributed by atoms with Crippen molar-refractivity contribution in [3.63, 3.8) is 0 Å². The average molecular weight is 653 g/mol. The van der Waals surface area contributed by atoms with Crippen molar-refractivity contribution in [2.24, 2.45) is 29.1 Å². The molecular formula is C34H34ClFN2O8. The summed E-state index contributed by atoms with van der Waals surface area (Å²) in [5.74, 6) is -6.76. The highest BCUT2D eigenvalue weighted by Gasteiger charge is 2.67. The molecular weight excluding hydrogens is 619 g/mol. The van der Waals surface area contributed by atoms with Crippen LogP contribution in [0.2, 0.25) is 5.02 Å². The number of imide groups is 2. The van der Waals surface area contributed by atoms with Crippen molar-refractivity contribution < 1.29 is 43.3 Å². The first-order valence-corrected chi connectivity index (χ1v) is 15.7. The van der Waals surface area contributed by atoms with Gasteiger partial charge in [-0.05, 0) is 62.8 Å². The van der Waals surface area contributed by atoms with Gasteiger partial charge in [-0.3, -0.25) is 28.9 Å². The van der Waals surface area contributed by atoms with Crippen molar-refractivity contribution in [3.8, 4) is 11.5 Å². The zero-order chi connectivity index (χ0) is 33.1. The third kappa shape index (κ3) is 4.87. The lowest BCUT2D eigenvalue weighted by Crippen LogP contribution is -2.48. The number of hydrogen-bond donors (Lipinski definition) is 2. The van der Waals surface area contributed by atoms with Crippen LogP contribution in [0.5, 0.6) is 11.5 Å². The number of hydrogen-bond acceptors (Lipinski definition) is 7. The first-order valence-electron chi connectivity index (χ1n) is 15.4. The topological polar surface area (TPSA) is 142 Å². The summed E-state index contributed by atoms with van der Waals surface area (Å²) >= 11 is 6.04. The molecule has 46 heavy (non-hydrogen) atoms. The van der Waals surface area contributed by atoms with Crippen molar-refractivity contribution in [3.05, 3.63) is 64.5 Å². The molecule has 2 aliphatic heterocycles. The van der Waals surface area contributed by atoms with Gasteiger partial charge in [0, 0.05) is 30.5 Å². The van der Waals surface area contributed by atoms with E-state index in [1.165, 1.54) is 30.2 Å². The second-order valence-corrected chi connectivity index (χ2v) is 13.1. The summed E-state index contributed by atoms with van der Waals surface area (Å²) in [6, 6.07) is 8.35. The molecule has 10 nitrogen and oxygen atoms in total. The van der Waals surface area contributed by atoms with Gasteiger partial charge in [0.25, 0.3) is 0 Å². The second-order valence-electron chi connectivity index (χ2n) is 12.7. The summed E-state index contributed by atoms with van der Waals surface area (Å²) in [7, 11) is 1.46. The number of benzene rings is 2. The number of nitrogens with zero attached hydrogens (tertiary/aromatic N) is 2. The number of carboxylic acid groups (broad SMARTS) is 1. The summed E-state index contributed by atoms with van der Waals surface area (Å²) in [5.41, 5.74) is -0.181. The zero-order valence-electron chi connectivity index (χ0n) is 25.4. The fourth-order valence-electron chi connectivity index (χ4n) is 8.13. The number of allylic oxidation sites excluding steroid dienone is 2. The van der Waals surface area contributed by atoms with Gasteiger partial charge in [0.2, 0.25) is 23.6 Å². The molecule has 0 spiro atoms. The number of carboxylic acids is 1. The van der Waals surface area contributed by atoms with Crippen LogP contribution in [0.1, 0.15) is 56.9 Å². The molecule has 6 atom stereocenters. The number of halogens is 2. The summed E-state index contributed by atoms with van der Waals surface area (Å²) in [6.07, 6.45) is 3.73. The van der Waals surface area contributed by atoms with Crippen molar-refractivity contribution in [1.29, 1.82) is 0 Å². The number of rotatable bonds is 9. The Bertz CT molecular complexity index is 1690. The predicted molar refractivity (Wildman–Crippen MR) is 164 cm³/mol. The summed E-state index contributed by atoms with van der Waals surface area (Å²) in [6.45, 7) is 1.86. The predicted octanol–water partition coefficient (Wildman–Crippen LogP) is 5.07. The number of unbranched alkanes of at least 4 members (excludes halogenated alkanes) is 2. The van der Waals surface area contributed by atoms with E-state index in [1.807, 2.05) is 6.08 Å². The molecule has 0 aromatic heterocycles. The van der Waals surface area contributed by atoms with Crippen molar-refractivity contribution in [1.82, 2.24) is 4.90 Å². The summed E-state index contributed by atoms with van der Waals surface area (Å²) in [4.78, 5) is 69.3. The van der Waals surface area contributed by atoms with Gasteiger partial charge in [-0.1, -0.05) is 35.7 Å². The SMILES string of the molecule is COc1ccc([C@H]2C3=CC[C@@H]4C(=O)N(CCCCCC(=O)O)C(=O)[C@@H]4[C@@H]3C[C@H]3C(=O)N(c4ccc(F)c(Cl)c4)C(=O)[C@@]23C)c(O)c1. The molecule has 2 heterocycles. The Balaban J connectivity index is 1.40. The molecule has 4 aliphatic rings. The van der Waals surface area contributed by atoms with E-state index in [2.05, 4.69) is 0 Å². The minimum Gasteiger partial charge on any atom is -0.508 e. The largest absolute Gasteiger partial charge is 0.508 e. The van der Waals surface area contributed by atoms with Crippen LogP contribution in [0.3, 0.4) is 0 Å². The van der Waals surface area contributed by atoms with Crippen LogP contribution in [0.4, 0.5) is 10.1 Å². The number of anilines is 1. The van der Waals surface area contributed by atoms with Crippen molar-refractivity contribution in [2.75, 3.05) is 18.6 Å². The number of fused-ring (bicyclic) bond motifs is 4. The highest BCUT2D eigenvalue weighted by molar-refractivity contribution is 6.31. The Morgan fingerprint density at radius 3 is 2.48 bits per heavy atom. The number of amides is 4. The highest BCUT2D eigenvalue weighted by atomic mass is 35.5. The Morgan fingerprint density at radius 2 is 1.80 bits per heavy atom. The number of aromatic hydroxyl groups is 1. The molecule has 2 aromatic rings. The lowest BCUT2D eigenvalue weighted by molar-refractivity contribution is -0.141. The normalized spacial score (nSPS) is 28.6. The number of methoxy groups -OCH3 is 1. The van der Waals surface area contributed by atoms with E-state index in [1.54, 1.807) is 19.1 Å². The Hall–Kier alpha value is -4.25. The van der Waals surface area contributed by atoms with Crippen molar-refractivity contribution >= 4 is 46.9 Å². The van der Waals surface area contributed by atoms with Crippen LogP contribution in [0.15, 0.2) is 48.0 Å². The van der Waals surface area contributed by atoms with Gasteiger partial charge in [-0.25, -0.2) is 9.29 Å². The third-order valence-corrected chi connectivity index (χ3v) is 10.6. The zero-order valence-corrected chi connectivity index (χ0v) is 26.1. The monoisotopic (exact) mass is 652 g/mol. The van der Waals surface area contributed by atoms with Gasteiger partial charge in [-0.2, -0.15) is 0 Å². The number of phenols is 1. The Morgan fingerprint density at radius 1 is 1.04 bits per heavy atom. The van der Waals surface area contributed by atoms with Crippen LogP contribution >= 0.6 is 11.6 Å².